The van der Waals surface area contributed by atoms with Crippen molar-refractivity contribution >= 4 is 12.0 Å². The van der Waals surface area contributed by atoms with Gasteiger partial charge in [0, 0.05) is 19.1 Å². The molecule has 0 aliphatic carbocycles. The predicted octanol–water partition coefficient (Wildman–Crippen LogP) is 1.83. The summed E-state index contributed by atoms with van der Waals surface area (Å²) in [5, 5.41) is 11.1. The molecule has 5 nitrogen and oxygen atoms in total. The first-order chi connectivity index (χ1) is 8.69. The number of hydrogen-bond acceptors (Lipinski definition) is 2. The van der Waals surface area contributed by atoms with Gasteiger partial charge in [-0.1, -0.05) is 0 Å². The van der Waals surface area contributed by atoms with Crippen molar-refractivity contribution in [3.8, 4) is 0 Å². The maximum Gasteiger partial charge on any atom is 0.391 e. The number of carboxylic acid groups (broad SMARTS) is 1. The van der Waals surface area contributed by atoms with E-state index in [1.807, 2.05) is 0 Å². The average molecular weight is 282 g/mol. The Bertz CT molecular complexity index is 339. The molecular weight excluding hydrogens is 265 g/mol. The van der Waals surface area contributed by atoms with E-state index in [2.05, 4.69) is 5.32 Å². The third-order valence-corrected chi connectivity index (χ3v) is 3.04. The number of carbonyl (C=O) groups is 2. The van der Waals surface area contributed by atoms with Gasteiger partial charge >= 0.3 is 18.2 Å². The molecule has 0 aromatic heterocycles. The zero-order chi connectivity index (χ0) is 14.6. The molecule has 1 aliphatic heterocycles. The van der Waals surface area contributed by atoms with Gasteiger partial charge in [0.1, 0.15) is 0 Å². The Balaban J connectivity index is 2.37. The summed E-state index contributed by atoms with van der Waals surface area (Å²) in [4.78, 5) is 23.7. The fraction of sp³-hybridized carbons (Fsp3) is 0.818. The molecule has 1 saturated heterocycles. The smallest absolute Gasteiger partial charge is 0.391 e. The van der Waals surface area contributed by atoms with Gasteiger partial charge in [0.2, 0.25) is 0 Å². The molecule has 19 heavy (non-hydrogen) atoms. The van der Waals surface area contributed by atoms with Crippen molar-refractivity contribution in [2.75, 3.05) is 13.1 Å². The Morgan fingerprint density at radius 3 is 2.32 bits per heavy atom. The van der Waals surface area contributed by atoms with E-state index in [-0.39, 0.29) is 13.1 Å². The first kappa shape index (κ1) is 15.6. The molecule has 8 heteroatoms. The molecule has 110 valence electrons. The second-order valence-corrected chi connectivity index (χ2v) is 4.77. The number of alkyl halides is 3. The number of rotatable bonds is 3. The second-order valence-electron chi connectivity index (χ2n) is 4.77. The number of nitrogens with zero attached hydrogens (tertiary/aromatic N) is 1. The second kappa shape index (κ2) is 6.12. The third-order valence-electron chi connectivity index (χ3n) is 3.04. The Labute approximate surface area is 108 Å². The van der Waals surface area contributed by atoms with Crippen molar-refractivity contribution in [3.63, 3.8) is 0 Å². The molecule has 0 saturated carbocycles. The van der Waals surface area contributed by atoms with Gasteiger partial charge in [0.05, 0.1) is 12.3 Å². The van der Waals surface area contributed by atoms with Crippen LogP contribution in [0.3, 0.4) is 0 Å². The van der Waals surface area contributed by atoms with Crippen molar-refractivity contribution < 1.29 is 27.9 Å². The number of halogens is 3. The van der Waals surface area contributed by atoms with Gasteiger partial charge in [-0.05, 0) is 19.8 Å². The van der Waals surface area contributed by atoms with E-state index in [4.69, 9.17) is 5.11 Å². The number of carboxylic acids is 1. The van der Waals surface area contributed by atoms with Crippen molar-refractivity contribution in [2.45, 2.75) is 38.4 Å². The van der Waals surface area contributed by atoms with Crippen LogP contribution in [0.1, 0.15) is 26.2 Å². The lowest BCUT2D eigenvalue weighted by molar-refractivity contribution is -0.143. The van der Waals surface area contributed by atoms with Crippen LogP contribution in [0.4, 0.5) is 18.0 Å². The quantitative estimate of drug-likeness (QED) is 0.829. The Hall–Kier alpha value is -1.47. The molecule has 1 rings (SSSR count). The molecule has 1 aliphatic rings. The van der Waals surface area contributed by atoms with Crippen LogP contribution in [0.5, 0.6) is 0 Å². The molecule has 1 atom stereocenters. The third kappa shape index (κ3) is 5.35. The molecule has 2 amide bonds. The maximum atomic E-state index is 12.1. The molecule has 1 heterocycles. The van der Waals surface area contributed by atoms with Gasteiger partial charge in [0.15, 0.2) is 0 Å². The van der Waals surface area contributed by atoms with E-state index >= 15 is 0 Å². The van der Waals surface area contributed by atoms with Crippen molar-refractivity contribution in [3.05, 3.63) is 0 Å². The van der Waals surface area contributed by atoms with Crippen LogP contribution in [0.25, 0.3) is 0 Å². The normalized spacial score (nSPS) is 19.1. The summed E-state index contributed by atoms with van der Waals surface area (Å²) in [5.41, 5.74) is 0. The first-order valence-corrected chi connectivity index (χ1v) is 6.04. The minimum atomic E-state index is -4.32. The largest absolute Gasteiger partial charge is 0.481 e. The number of aliphatic carboxylic acids is 1. The highest BCUT2D eigenvalue weighted by Gasteiger charge is 2.32. The Morgan fingerprint density at radius 2 is 1.89 bits per heavy atom. The molecule has 2 N–H and O–H groups in total. The van der Waals surface area contributed by atoms with Crippen LogP contribution in [-0.4, -0.2) is 47.3 Å². The highest BCUT2D eigenvalue weighted by molar-refractivity contribution is 5.75. The van der Waals surface area contributed by atoms with E-state index in [1.54, 1.807) is 0 Å². The molecule has 0 aromatic carbocycles. The fourth-order valence-corrected chi connectivity index (χ4v) is 2.03. The summed E-state index contributed by atoms with van der Waals surface area (Å²) in [5.74, 6) is -1.37. The lowest BCUT2D eigenvalue weighted by atomic mass is 9.97. The van der Waals surface area contributed by atoms with Gasteiger partial charge in [-0.2, -0.15) is 13.2 Å². The van der Waals surface area contributed by atoms with Gasteiger partial charge in [-0.15, -0.1) is 0 Å². The Kier molecular flexibility index (Phi) is 5.02. The number of carbonyl (C=O) groups excluding carboxylic acids is 1. The lowest BCUT2D eigenvalue weighted by Gasteiger charge is -2.31. The number of urea groups is 1. The monoisotopic (exact) mass is 282 g/mol. The highest BCUT2D eigenvalue weighted by Crippen LogP contribution is 2.22. The molecule has 0 radical (unpaired) electrons. The molecular formula is C11H17F3N2O3. The Morgan fingerprint density at radius 1 is 1.37 bits per heavy atom. The first-order valence-electron chi connectivity index (χ1n) is 6.04. The van der Waals surface area contributed by atoms with Gasteiger partial charge < -0.3 is 15.3 Å². The standard InChI is InChI=1S/C11H17F3N2O3/c1-7(6-11(12,13)14)15-10(19)16-4-2-8(3-5-16)9(17)18/h7-8H,2-6H2,1H3,(H,15,19)(H,17,18). The van der Waals surface area contributed by atoms with E-state index in [1.165, 1.54) is 11.8 Å². The fourth-order valence-electron chi connectivity index (χ4n) is 2.03. The minimum absolute atomic E-state index is 0.252. The van der Waals surface area contributed by atoms with Gasteiger partial charge in [-0.3, -0.25) is 4.79 Å². The lowest BCUT2D eigenvalue weighted by Crippen LogP contribution is -2.48. The van der Waals surface area contributed by atoms with Crippen LogP contribution in [0, 0.1) is 5.92 Å². The molecule has 1 unspecified atom stereocenters. The SMILES string of the molecule is CC(CC(F)(F)F)NC(=O)N1CCC(C(=O)O)CC1. The zero-order valence-electron chi connectivity index (χ0n) is 10.5. The van der Waals surface area contributed by atoms with Crippen molar-refractivity contribution in [1.29, 1.82) is 0 Å². The van der Waals surface area contributed by atoms with Crippen LogP contribution in [0.15, 0.2) is 0 Å². The van der Waals surface area contributed by atoms with E-state index in [0.29, 0.717) is 12.8 Å². The topological polar surface area (TPSA) is 69.6 Å². The van der Waals surface area contributed by atoms with Crippen LogP contribution >= 0.6 is 0 Å². The number of likely N-dealkylation sites (tertiary alicyclic amines) is 1. The minimum Gasteiger partial charge on any atom is -0.481 e. The summed E-state index contributed by atoms with van der Waals surface area (Å²) in [6.07, 6.45) is -4.74. The highest BCUT2D eigenvalue weighted by atomic mass is 19.4. The van der Waals surface area contributed by atoms with Gasteiger partial charge in [-0.25, -0.2) is 4.79 Å². The number of piperidine rings is 1. The van der Waals surface area contributed by atoms with E-state index in [0.717, 1.165) is 0 Å². The number of nitrogens with one attached hydrogen (secondary N) is 1. The van der Waals surface area contributed by atoms with E-state index < -0.39 is 36.6 Å². The van der Waals surface area contributed by atoms with E-state index in [9.17, 15) is 22.8 Å². The van der Waals surface area contributed by atoms with Crippen molar-refractivity contribution in [1.82, 2.24) is 10.2 Å². The summed E-state index contributed by atoms with van der Waals surface area (Å²) in [6, 6.07) is -1.56. The molecule has 0 bridgehead atoms. The molecule has 1 fully saturated rings. The number of hydrogen-bond donors (Lipinski definition) is 2. The summed E-state index contributed by atoms with van der Waals surface area (Å²) in [7, 11) is 0. The maximum absolute atomic E-state index is 12.1. The number of amides is 2. The predicted molar refractivity (Wildman–Crippen MR) is 60.6 cm³/mol. The summed E-state index contributed by atoms with van der Waals surface area (Å²) in [6.45, 7) is 1.79. The summed E-state index contributed by atoms with van der Waals surface area (Å²) < 4.78 is 36.3. The molecule has 0 aromatic rings. The van der Waals surface area contributed by atoms with Crippen LogP contribution in [-0.2, 0) is 4.79 Å². The summed E-state index contributed by atoms with van der Waals surface area (Å²) >= 11 is 0. The van der Waals surface area contributed by atoms with Gasteiger partial charge in [0.25, 0.3) is 0 Å². The van der Waals surface area contributed by atoms with Crippen LogP contribution < -0.4 is 5.32 Å². The average Bonchev–Trinajstić information content (AvgIpc) is 2.26. The van der Waals surface area contributed by atoms with Crippen LogP contribution in [0.2, 0.25) is 0 Å². The molecule has 0 spiro atoms. The van der Waals surface area contributed by atoms with Crippen molar-refractivity contribution in [2.24, 2.45) is 5.92 Å². The zero-order valence-corrected chi connectivity index (χ0v) is 10.5.